The fourth-order valence-corrected chi connectivity index (χ4v) is 1.42. The van der Waals surface area contributed by atoms with Crippen LogP contribution in [-0.4, -0.2) is 24.4 Å². The Morgan fingerprint density at radius 1 is 1.29 bits per heavy atom. The highest BCUT2D eigenvalue weighted by molar-refractivity contribution is 7.74. The molecular weight excluding hydrogens is 264 g/mol. The topological polar surface area (TPSA) is 71.4 Å². The monoisotopic (exact) mass is 270 g/mol. The van der Waals surface area contributed by atoms with Crippen LogP contribution in [-0.2, 0) is 15.1 Å². The van der Waals surface area contributed by atoms with E-state index in [1.54, 1.807) is 24.3 Å². The smallest absolute Gasteiger partial charge is 0.348 e. The first-order valence-electron chi connectivity index (χ1n) is 4.43. The van der Waals surface area contributed by atoms with Crippen LogP contribution in [0.5, 0.6) is 0 Å². The number of carboxylic acid groups (broad SMARTS) is 1. The van der Waals surface area contributed by atoms with Crippen LogP contribution < -0.4 is 0 Å². The SMILES string of the molecule is O=C(O)C(CC#Cc1ccc(Cl)cc1)=S(=O)=O. The molecule has 1 aromatic rings. The molecule has 0 spiro atoms. The van der Waals surface area contributed by atoms with Crippen LogP contribution in [0.25, 0.3) is 0 Å². The number of hydrogen-bond acceptors (Lipinski definition) is 3. The number of aliphatic carboxylic acids is 1. The maximum absolute atomic E-state index is 10.5. The first-order chi connectivity index (χ1) is 8.00. The van der Waals surface area contributed by atoms with Crippen LogP contribution >= 0.6 is 11.6 Å². The van der Waals surface area contributed by atoms with Crippen molar-refractivity contribution in [2.45, 2.75) is 6.42 Å². The number of rotatable bonds is 2. The molecule has 1 aromatic carbocycles. The number of carbonyl (C=O) groups is 1. The van der Waals surface area contributed by atoms with Gasteiger partial charge in [-0.05, 0) is 24.3 Å². The molecule has 4 nitrogen and oxygen atoms in total. The Morgan fingerprint density at radius 2 is 1.88 bits per heavy atom. The lowest BCUT2D eigenvalue weighted by molar-refractivity contribution is -0.129. The van der Waals surface area contributed by atoms with Crippen molar-refractivity contribution < 1.29 is 18.3 Å². The van der Waals surface area contributed by atoms with Crippen molar-refractivity contribution in [1.82, 2.24) is 0 Å². The first-order valence-corrected chi connectivity index (χ1v) is 5.89. The molecular formula is C11H7ClO4S. The van der Waals surface area contributed by atoms with Gasteiger partial charge in [0.15, 0.2) is 4.86 Å². The summed E-state index contributed by atoms with van der Waals surface area (Å²) < 4.78 is 21.0. The fraction of sp³-hybridized carbons (Fsp3) is 0.0909. The van der Waals surface area contributed by atoms with E-state index in [0.29, 0.717) is 10.6 Å². The third kappa shape index (κ3) is 4.31. The molecule has 0 aliphatic heterocycles. The second kappa shape index (κ2) is 6.09. The van der Waals surface area contributed by atoms with Gasteiger partial charge in [0.1, 0.15) is 0 Å². The predicted molar refractivity (Wildman–Crippen MR) is 64.5 cm³/mol. The van der Waals surface area contributed by atoms with Crippen LogP contribution in [0.3, 0.4) is 0 Å². The maximum atomic E-state index is 10.5. The average molecular weight is 271 g/mol. The molecule has 1 N–H and O–H groups in total. The summed E-state index contributed by atoms with van der Waals surface area (Å²) in [5.41, 5.74) is 0.635. The van der Waals surface area contributed by atoms with E-state index in [0.717, 1.165) is 0 Å². The van der Waals surface area contributed by atoms with Crippen molar-refractivity contribution in [3.8, 4) is 11.8 Å². The lowest BCUT2D eigenvalue weighted by atomic mass is 10.2. The fourth-order valence-electron chi connectivity index (χ4n) is 0.966. The van der Waals surface area contributed by atoms with Crippen LogP contribution in [0.1, 0.15) is 12.0 Å². The van der Waals surface area contributed by atoms with E-state index in [1.165, 1.54) is 0 Å². The number of halogens is 1. The quantitative estimate of drug-likeness (QED) is 0.648. The lowest BCUT2D eigenvalue weighted by Crippen LogP contribution is -2.12. The third-order valence-electron chi connectivity index (χ3n) is 1.77. The molecule has 0 amide bonds. The van der Waals surface area contributed by atoms with Crippen LogP contribution in [0.4, 0.5) is 0 Å². The molecule has 1 rings (SSSR count). The molecule has 0 atom stereocenters. The van der Waals surface area contributed by atoms with Gasteiger partial charge in [-0.1, -0.05) is 23.4 Å². The van der Waals surface area contributed by atoms with Gasteiger partial charge in [0.2, 0.25) is 10.3 Å². The van der Waals surface area contributed by atoms with Gasteiger partial charge in [0, 0.05) is 10.6 Å². The Morgan fingerprint density at radius 3 is 2.35 bits per heavy atom. The molecule has 0 aliphatic carbocycles. The van der Waals surface area contributed by atoms with Crippen molar-refractivity contribution in [2.75, 3.05) is 0 Å². The molecule has 0 heterocycles. The zero-order valence-electron chi connectivity index (χ0n) is 8.47. The van der Waals surface area contributed by atoms with Gasteiger partial charge in [-0.2, -0.15) is 8.42 Å². The van der Waals surface area contributed by atoms with Crippen molar-refractivity contribution in [2.24, 2.45) is 0 Å². The minimum atomic E-state index is -2.75. The van der Waals surface area contributed by atoms with Crippen molar-refractivity contribution in [1.29, 1.82) is 0 Å². The number of hydrogen-bond donors (Lipinski definition) is 1. The van der Waals surface area contributed by atoms with E-state index in [-0.39, 0.29) is 6.42 Å². The van der Waals surface area contributed by atoms with E-state index in [4.69, 9.17) is 16.7 Å². The molecule has 0 radical (unpaired) electrons. The normalized spacial score (nSPS) is 9.00. The highest BCUT2D eigenvalue weighted by atomic mass is 35.5. The van der Waals surface area contributed by atoms with Crippen LogP contribution in [0.2, 0.25) is 5.02 Å². The van der Waals surface area contributed by atoms with Gasteiger partial charge in [0.25, 0.3) is 0 Å². The lowest BCUT2D eigenvalue weighted by Gasteiger charge is -1.90. The highest BCUT2D eigenvalue weighted by Crippen LogP contribution is 2.08. The molecule has 88 valence electrons. The van der Waals surface area contributed by atoms with E-state index in [2.05, 4.69) is 11.8 Å². The second-order valence-electron chi connectivity index (χ2n) is 2.95. The number of benzene rings is 1. The van der Waals surface area contributed by atoms with E-state index in [1.807, 2.05) is 0 Å². The van der Waals surface area contributed by atoms with Gasteiger partial charge in [0.05, 0.1) is 6.42 Å². The van der Waals surface area contributed by atoms with Crippen LogP contribution in [0, 0.1) is 11.8 Å². The molecule has 0 unspecified atom stereocenters. The largest absolute Gasteiger partial charge is 0.477 e. The average Bonchev–Trinajstić information content (AvgIpc) is 2.25. The minimum absolute atomic E-state index is 0.325. The van der Waals surface area contributed by atoms with Gasteiger partial charge in [-0.25, -0.2) is 4.79 Å². The van der Waals surface area contributed by atoms with E-state index >= 15 is 0 Å². The highest BCUT2D eigenvalue weighted by Gasteiger charge is 2.08. The van der Waals surface area contributed by atoms with Gasteiger partial charge >= 0.3 is 5.97 Å². The summed E-state index contributed by atoms with van der Waals surface area (Å²) in [5, 5.41) is 9.13. The molecule has 0 saturated carbocycles. The summed E-state index contributed by atoms with van der Waals surface area (Å²) in [7, 11) is -2.75. The summed E-state index contributed by atoms with van der Waals surface area (Å²) >= 11 is 5.67. The summed E-state index contributed by atoms with van der Waals surface area (Å²) in [6.07, 6.45) is -0.325. The second-order valence-corrected chi connectivity index (χ2v) is 4.35. The first kappa shape index (κ1) is 13.3. The molecule has 0 fully saturated rings. The Bertz CT molecular complexity index is 610. The summed E-state index contributed by atoms with van der Waals surface area (Å²) in [5.74, 6) is 3.64. The number of carboxylic acids is 1. The molecule has 0 aliphatic rings. The van der Waals surface area contributed by atoms with Crippen LogP contribution in [0.15, 0.2) is 24.3 Å². The Balaban J connectivity index is 2.85. The molecule has 0 saturated heterocycles. The molecule has 6 heteroatoms. The maximum Gasteiger partial charge on any atom is 0.348 e. The van der Waals surface area contributed by atoms with Crippen molar-refractivity contribution in [3.63, 3.8) is 0 Å². The van der Waals surface area contributed by atoms with Gasteiger partial charge in [-0.3, -0.25) is 0 Å². The zero-order valence-corrected chi connectivity index (χ0v) is 10.0. The Hall–Kier alpha value is -1.77. The van der Waals surface area contributed by atoms with Crippen molar-refractivity contribution in [3.05, 3.63) is 34.9 Å². The predicted octanol–water partition coefficient (Wildman–Crippen LogP) is 1.22. The molecule has 0 bridgehead atoms. The minimum Gasteiger partial charge on any atom is -0.477 e. The van der Waals surface area contributed by atoms with E-state index < -0.39 is 21.1 Å². The molecule has 17 heavy (non-hydrogen) atoms. The summed E-state index contributed by atoms with van der Waals surface area (Å²) in [6.45, 7) is 0. The Kier molecular flexibility index (Phi) is 4.76. The van der Waals surface area contributed by atoms with Gasteiger partial charge < -0.3 is 5.11 Å². The summed E-state index contributed by atoms with van der Waals surface area (Å²) in [6, 6.07) is 6.59. The zero-order chi connectivity index (χ0) is 12.8. The standard InChI is InChI=1S/C11H7ClO4S/c12-9-6-4-8(5-7-9)2-1-3-10(11(13)14)17(15)16/h4-7H,3H2,(H,13,14). The third-order valence-corrected chi connectivity index (χ3v) is 2.74. The summed E-state index contributed by atoms with van der Waals surface area (Å²) in [4.78, 5) is 9.87. The van der Waals surface area contributed by atoms with Crippen molar-refractivity contribution >= 4 is 32.7 Å². The van der Waals surface area contributed by atoms with Gasteiger partial charge in [-0.15, -0.1) is 0 Å². The molecule has 0 aromatic heterocycles. The Labute approximate surface area is 104 Å². The van der Waals surface area contributed by atoms with E-state index in [9.17, 15) is 13.2 Å².